The number of nitrogens with zero attached hydrogens (tertiary/aromatic N) is 3. The molecule has 0 aliphatic carbocycles. The van der Waals surface area contributed by atoms with Crippen LogP contribution in [0.1, 0.15) is 35.7 Å². The fourth-order valence-electron chi connectivity index (χ4n) is 4.55. The Morgan fingerprint density at radius 2 is 1.59 bits per heavy atom. The number of hydrogen-bond donors (Lipinski definition) is 1. The van der Waals surface area contributed by atoms with Gasteiger partial charge in [-0.1, -0.05) is 12.1 Å². The Hall–Kier alpha value is -3.00. The van der Waals surface area contributed by atoms with Gasteiger partial charge in [-0.3, -0.25) is 4.79 Å². The Morgan fingerprint density at radius 1 is 0.969 bits per heavy atom. The molecular formula is C24H32N4O4. The van der Waals surface area contributed by atoms with Crippen molar-refractivity contribution in [1.82, 2.24) is 9.80 Å². The summed E-state index contributed by atoms with van der Waals surface area (Å²) in [6.07, 6.45) is 0.270. The molecular weight excluding hydrogens is 408 g/mol. The normalized spacial score (nSPS) is 21.6. The molecule has 2 atom stereocenters. The van der Waals surface area contributed by atoms with E-state index in [1.54, 1.807) is 22.8 Å². The molecule has 2 aliphatic rings. The molecule has 1 aromatic heterocycles. The number of benzene rings is 1. The molecule has 4 rings (SSSR count). The molecule has 2 fully saturated rings. The first-order valence-corrected chi connectivity index (χ1v) is 11.2. The van der Waals surface area contributed by atoms with Gasteiger partial charge in [-0.05, 0) is 45.9 Å². The van der Waals surface area contributed by atoms with Crippen molar-refractivity contribution in [3.8, 4) is 0 Å². The quantitative estimate of drug-likeness (QED) is 0.790. The van der Waals surface area contributed by atoms with Crippen molar-refractivity contribution in [1.29, 1.82) is 0 Å². The van der Waals surface area contributed by atoms with Gasteiger partial charge >= 0.3 is 6.03 Å². The van der Waals surface area contributed by atoms with E-state index in [0.717, 1.165) is 30.2 Å². The van der Waals surface area contributed by atoms with Crippen molar-refractivity contribution in [2.75, 3.05) is 49.5 Å². The topological polar surface area (TPSA) is 78.3 Å². The third kappa shape index (κ3) is 4.75. The lowest BCUT2D eigenvalue weighted by Gasteiger charge is -2.38. The minimum absolute atomic E-state index is 0.0414. The molecule has 3 heterocycles. The molecule has 3 amide bonds. The van der Waals surface area contributed by atoms with Gasteiger partial charge in [0.15, 0.2) is 0 Å². The number of aryl methyl sites for hydroxylation is 2. The second kappa shape index (κ2) is 9.24. The van der Waals surface area contributed by atoms with Crippen LogP contribution in [0.4, 0.5) is 16.2 Å². The van der Waals surface area contributed by atoms with E-state index in [0.29, 0.717) is 37.5 Å². The van der Waals surface area contributed by atoms with E-state index in [1.165, 1.54) is 0 Å². The van der Waals surface area contributed by atoms with Gasteiger partial charge in [0, 0.05) is 39.3 Å². The van der Waals surface area contributed by atoms with E-state index < -0.39 is 0 Å². The third-order valence-corrected chi connectivity index (χ3v) is 6.03. The molecule has 2 saturated heterocycles. The van der Waals surface area contributed by atoms with Crippen LogP contribution in [0.5, 0.6) is 0 Å². The number of nitrogens with one attached hydrogen (secondary N) is 1. The van der Waals surface area contributed by atoms with Gasteiger partial charge in [0.1, 0.15) is 11.5 Å². The Bertz CT molecular complexity index is 970. The summed E-state index contributed by atoms with van der Waals surface area (Å²) in [6, 6.07) is 9.52. The molecule has 2 unspecified atom stereocenters. The smallest absolute Gasteiger partial charge is 0.322 e. The molecule has 0 radical (unpaired) electrons. The van der Waals surface area contributed by atoms with Crippen molar-refractivity contribution in [2.24, 2.45) is 0 Å². The van der Waals surface area contributed by atoms with Crippen molar-refractivity contribution in [3.05, 3.63) is 47.4 Å². The van der Waals surface area contributed by atoms with E-state index in [-0.39, 0.29) is 24.1 Å². The SMILES string of the molecule is Cc1cc(C(=O)N2CCN(C(=O)Nc3ccccc3N3CC(C)OC(C)C3)CC2)c(C)o1. The molecule has 1 N–H and O–H groups in total. The first-order chi connectivity index (χ1) is 15.3. The largest absolute Gasteiger partial charge is 0.466 e. The Balaban J connectivity index is 1.38. The van der Waals surface area contributed by atoms with Gasteiger partial charge in [-0.2, -0.15) is 0 Å². The van der Waals surface area contributed by atoms with Crippen molar-refractivity contribution >= 4 is 23.3 Å². The molecule has 0 saturated carbocycles. The second-order valence-corrected chi connectivity index (χ2v) is 8.72. The lowest BCUT2D eigenvalue weighted by atomic mass is 10.1. The predicted octanol–water partition coefficient (Wildman–Crippen LogP) is 3.50. The van der Waals surface area contributed by atoms with Crippen LogP contribution in [0.3, 0.4) is 0 Å². The third-order valence-electron chi connectivity index (χ3n) is 6.03. The number of anilines is 2. The van der Waals surface area contributed by atoms with Crippen molar-refractivity contribution < 1.29 is 18.7 Å². The minimum atomic E-state index is -0.144. The molecule has 0 spiro atoms. The number of ether oxygens (including phenoxy) is 1. The number of amides is 3. The molecule has 8 nitrogen and oxygen atoms in total. The Morgan fingerprint density at radius 3 is 2.22 bits per heavy atom. The fraction of sp³-hybridized carbons (Fsp3) is 0.500. The summed E-state index contributed by atoms with van der Waals surface area (Å²) >= 11 is 0. The number of urea groups is 1. The maximum absolute atomic E-state index is 13.0. The maximum Gasteiger partial charge on any atom is 0.322 e. The maximum atomic E-state index is 13.0. The van der Waals surface area contributed by atoms with Crippen molar-refractivity contribution in [3.63, 3.8) is 0 Å². The number of furan rings is 1. The standard InChI is InChI=1S/C24H32N4O4/c1-16-13-20(19(4)32-16)23(29)26-9-11-27(12-10-26)24(30)25-21-7-5-6-8-22(21)28-14-17(2)31-18(3)15-28/h5-8,13,17-18H,9-12,14-15H2,1-4H3,(H,25,30). The lowest BCUT2D eigenvalue weighted by molar-refractivity contribution is -0.00517. The summed E-state index contributed by atoms with van der Waals surface area (Å²) in [5.74, 6) is 1.32. The van der Waals surface area contributed by atoms with Crippen LogP contribution in [0.25, 0.3) is 0 Å². The number of rotatable bonds is 3. The molecule has 1 aromatic carbocycles. The summed E-state index contributed by atoms with van der Waals surface area (Å²) in [5.41, 5.74) is 2.40. The van der Waals surface area contributed by atoms with Crippen LogP contribution >= 0.6 is 0 Å². The van der Waals surface area contributed by atoms with Gasteiger partial charge in [-0.15, -0.1) is 0 Å². The van der Waals surface area contributed by atoms with Crippen LogP contribution < -0.4 is 10.2 Å². The van der Waals surface area contributed by atoms with E-state index in [2.05, 4.69) is 24.1 Å². The zero-order valence-electron chi connectivity index (χ0n) is 19.3. The highest BCUT2D eigenvalue weighted by Gasteiger charge is 2.28. The number of para-hydroxylation sites is 2. The minimum Gasteiger partial charge on any atom is -0.466 e. The van der Waals surface area contributed by atoms with Gasteiger partial charge in [0.2, 0.25) is 0 Å². The molecule has 8 heteroatoms. The van der Waals surface area contributed by atoms with Gasteiger partial charge in [-0.25, -0.2) is 4.79 Å². The van der Waals surface area contributed by atoms with E-state index in [9.17, 15) is 9.59 Å². The molecule has 2 aromatic rings. The highest BCUT2D eigenvalue weighted by Crippen LogP contribution is 2.29. The first kappa shape index (κ1) is 22.2. The molecule has 32 heavy (non-hydrogen) atoms. The monoisotopic (exact) mass is 440 g/mol. The van der Waals surface area contributed by atoms with E-state index in [4.69, 9.17) is 9.15 Å². The van der Waals surface area contributed by atoms with E-state index in [1.807, 2.05) is 31.2 Å². The van der Waals surface area contributed by atoms with E-state index >= 15 is 0 Å². The zero-order valence-corrected chi connectivity index (χ0v) is 19.3. The Labute approximate surface area is 189 Å². The van der Waals surface area contributed by atoms with Gasteiger partial charge in [0.05, 0.1) is 29.1 Å². The van der Waals surface area contributed by atoms with Crippen LogP contribution in [0, 0.1) is 13.8 Å². The van der Waals surface area contributed by atoms with Crippen LogP contribution in [0.2, 0.25) is 0 Å². The molecule has 2 aliphatic heterocycles. The van der Waals surface area contributed by atoms with Crippen LogP contribution in [-0.4, -0.2) is 73.2 Å². The number of carbonyl (C=O) groups excluding carboxylic acids is 2. The number of carbonyl (C=O) groups is 2. The predicted molar refractivity (Wildman–Crippen MR) is 123 cm³/mol. The van der Waals surface area contributed by atoms with Gasteiger partial charge in [0.25, 0.3) is 5.91 Å². The van der Waals surface area contributed by atoms with Crippen LogP contribution in [0.15, 0.2) is 34.7 Å². The lowest BCUT2D eigenvalue weighted by Crippen LogP contribution is -2.52. The second-order valence-electron chi connectivity index (χ2n) is 8.72. The van der Waals surface area contributed by atoms with Gasteiger partial charge < -0.3 is 29.2 Å². The number of piperazine rings is 1. The summed E-state index contributed by atoms with van der Waals surface area (Å²) in [7, 11) is 0. The number of hydrogen-bond acceptors (Lipinski definition) is 5. The summed E-state index contributed by atoms with van der Waals surface area (Å²) in [6.45, 7) is 11.3. The first-order valence-electron chi connectivity index (χ1n) is 11.2. The Kier molecular flexibility index (Phi) is 6.41. The summed E-state index contributed by atoms with van der Waals surface area (Å²) in [4.78, 5) is 31.6. The summed E-state index contributed by atoms with van der Waals surface area (Å²) < 4.78 is 11.3. The molecule has 0 bridgehead atoms. The number of morpholine rings is 1. The average molecular weight is 441 g/mol. The highest BCUT2D eigenvalue weighted by molar-refractivity contribution is 5.96. The van der Waals surface area contributed by atoms with Crippen LogP contribution in [-0.2, 0) is 4.74 Å². The molecule has 172 valence electrons. The highest BCUT2D eigenvalue weighted by atomic mass is 16.5. The fourth-order valence-corrected chi connectivity index (χ4v) is 4.55. The zero-order chi connectivity index (χ0) is 22.8. The van der Waals surface area contributed by atoms with Crippen molar-refractivity contribution in [2.45, 2.75) is 39.9 Å². The average Bonchev–Trinajstić information content (AvgIpc) is 3.11. The summed E-state index contributed by atoms with van der Waals surface area (Å²) in [5, 5.41) is 3.08.